The molecule has 3 aromatic heterocycles. The van der Waals surface area contributed by atoms with Crippen LogP contribution in [0, 0.1) is 19.8 Å². The summed E-state index contributed by atoms with van der Waals surface area (Å²) in [4.78, 5) is 39.4. The van der Waals surface area contributed by atoms with Crippen LogP contribution < -0.4 is 10.9 Å². The molecule has 188 valence electrons. The normalized spacial score (nSPS) is 13.1. The van der Waals surface area contributed by atoms with Gasteiger partial charge in [0.25, 0.3) is 5.56 Å². The van der Waals surface area contributed by atoms with Crippen molar-refractivity contribution in [1.29, 1.82) is 0 Å². The lowest BCUT2D eigenvalue weighted by atomic mass is 9.99. The van der Waals surface area contributed by atoms with Gasteiger partial charge < -0.3 is 14.8 Å². The zero-order valence-corrected chi connectivity index (χ0v) is 21.6. The Labute approximate surface area is 213 Å². The zero-order chi connectivity index (χ0) is 26.0. The van der Waals surface area contributed by atoms with Gasteiger partial charge in [0.15, 0.2) is 0 Å². The molecule has 2 atom stereocenters. The van der Waals surface area contributed by atoms with Gasteiger partial charge >= 0.3 is 5.97 Å². The molecule has 3 heterocycles. The Hall–Kier alpha value is -3.72. The van der Waals surface area contributed by atoms with Gasteiger partial charge in [-0.2, -0.15) is 5.10 Å². The standard InChI is InChI=1S/C27H30N4O4S/c1-16(2)11-22(31-27(35)21-9-6-10-30(21)15-28-31)26(34)29-20(13-24(32)33)19-12-23(36-14-19)25-17(3)7-5-8-18(25)4/h5-10,12,14-16,20,22H,11,13H2,1-4H3,(H,29,34)(H,32,33). The molecule has 36 heavy (non-hydrogen) atoms. The molecule has 0 aliphatic carbocycles. The summed E-state index contributed by atoms with van der Waals surface area (Å²) in [6.45, 7) is 8.01. The van der Waals surface area contributed by atoms with Crippen molar-refractivity contribution < 1.29 is 14.7 Å². The van der Waals surface area contributed by atoms with Crippen molar-refractivity contribution in [2.75, 3.05) is 0 Å². The smallest absolute Gasteiger partial charge is 0.305 e. The van der Waals surface area contributed by atoms with Crippen molar-refractivity contribution in [3.63, 3.8) is 0 Å². The van der Waals surface area contributed by atoms with Crippen LogP contribution in [0.2, 0.25) is 0 Å². The topological polar surface area (TPSA) is 106 Å². The van der Waals surface area contributed by atoms with Crippen LogP contribution in [0.5, 0.6) is 0 Å². The summed E-state index contributed by atoms with van der Waals surface area (Å²) < 4.78 is 2.81. The highest BCUT2D eigenvalue weighted by atomic mass is 32.1. The Morgan fingerprint density at radius 2 is 1.86 bits per heavy atom. The fraction of sp³-hybridized carbons (Fsp3) is 0.333. The van der Waals surface area contributed by atoms with Gasteiger partial charge in [-0.3, -0.25) is 14.4 Å². The molecule has 4 aromatic rings. The maximum Gasteiger partial charge on any atom is 0.305 e. The summed E-state index contributed by atoms with van der Waals surface area (Å²) in [5.74, 6) is -1.35. The molecule has 4 rings (SSSR count). The molecule has 0 spiro atoms. The summed E-state index contributed by atoms with van der Waals surface area (Å²) in [5, 5.41) is 18.6. The van der Waals surface area contributed by atoms with Gasteiger partial charge in [0.1, 0.15) is 17.9 Å². The van der Waals surface area contributed by atoms with Gasteiger partial charge in [-0.05, 0) is 72.0 Å². The van der Waals surface area contributed by atoms with E-state index in [4.69, 9.17) is 0 Å². The van der Waals surface area contributed by atoms with Crippen LogP contribution in [0.15, 0.2) is 59.1 Å². The molecular formula is C27H30N4O4S. The second-order valence-corrected chi connectivity index (χ2v) is 10.4. The number of carbonyl (C=O) groups is 2. The minimum atomic E-state index is -1.02. The van der Waals surface area contributed by atoms with Gasteiger partial charge in [-0.25, -0.2) is 4.68 Å². The van der Waals surface area contributed by atoms with Gasteiger partial charge in [0, 0.05) is 11.1 Å². The Kier molecular flexibility index (Phi) is 7.40. The quantitative estimate of drug-likeness (QED) is 0.340. The first-order valence-electron chi connectivity index (χ1n) is 11.9. The molecule has 0 bridgehead atoms. The van der Waals surface area contributed by atoms with E-state index in [1.165, 1.54) is 22.3 Å². The van der Waals surface area contributed by atoms with Gasteiger partial charge in [0.05, 0.1) is 12.5 Å². The van der Waals surface area contributed by atoms with Crippen LogP contribution >= 0.6 is 11.3 Å². The summed E-state index contributed by atoms with van der Waals surface area (Å²) >= 11 is 1.52. The Bertz CT molecular complexity index is 1450. The number of benzene rings is 1. The third-order valence-electron chi connectivity index (χ3n) is 6.24. The number of carboxylic acids is 1. The first-order chi connectivity index (χ1) is 17.2. The van der Waals surface area contributed by atoms with E-state index < -0.39 is 24.0 Å². The number of amides is 1. The van der Waals surface area contributed by atoms with E-state index in [1.54, 1.807) is 22.7 Å². The van der Waals surface area contributed by atoms with Crippen molar-refractivity contribution >= 4 is 28.7 Å². The van der Waals surface area contributed by atoms with E-state index in [2.05, 4.69) is 10.4 Å². The number of aryl methyl sites for hydroxylation is 2. The van der Waals surface area contributed by atoms with E-state index >= 15 is 0 Å². The van der Waals surface area contributed by atoms with Crippen molar-refractivity contribution in [2.45, 2.75) is 52.6 Å². The molecule has 1 amide bonds. The Morgan fingerprint density at radius 1 is 1.14 bits per heavy atom. The lowest BCUT2D eigenvalue weighted by Crippen LogP contribution is -2.41. The minimum absolute atomic E-state index is 0.104. The lowest BCUT2D eigenvalue weighted by Gasteiger charge is -2.23. The van der Waals surface area contributed by atoms with Gasteiger partial charge in [-0.15, -0.1) is 11.3 Å². The summed E-state index contributed by atoms with van der Waals surface area (Å²) in [7, 11) is 0. The molecule has 1 aromatic carbocycles. The van der Waals surface area contributed by atoms with Crippen LogP contribution in [0.3, 0.4) is 0 Å². The van der Waals surface area contributed by atoms with E-state index in [0.29, 0.717) is 11.9 Å². The third-order valence-corrected chi connectivity index (χ3v) is 7.21. The second kappa shape index (κ2) is 10.5. The lowest BCUT2D eigenvalue weighted by molar-refractivity contribution is -0.138. The molecule has 0 fully saturated rings. The molecule has 2 N–H and O–H groups in total. The van der Waals surface area contributed by atoms with E-state index in [1.807, 2.05) is 57.3 Å². The average molecular weight is 507 g/mol. The number of carboxylic acid groups (broad SMARTS) is 1. The van der Waals surface area contributed by atoms with E-state index in [0.717, 1.165) is 27.1 Å². The van der Waals surface area contributed by atoms with Gasteiger partial charge in [-0.1, -0.05) is 32.0 Å². The first kappa shape index (κ1) is 25.4. The molecular weight excluding hydrogens is 476 g/mol. The number of aromatic nitrogens is 3. The molecule has 8 nitrogen and oxygen atoms in total. The SMILES string of the molecule is Cc1cccc(C)c1-c1cc(C(CC(=O)O)NC(=O)C(CC(C)C)n2ncn3cccc3c2=O)cs1. The maximum atomic E-state index is 13.5. The number of aliphatic carboxylic acids is 1. The van der Waals surface area contributed by atoms with Crippen molar-refractivity contribution in [3.05, 3.63) is 81.3 Å². The van der Waals surface area contributed by atoms with Crippen LogP contribution in [-0.4, -0.2) is 31.2 Å². The predicted molar refractivity (Wildman–Crippen MR) is 140 cm³/mol. The predicted octanol–water partition coefficient (Wildman–Crippen LogP) is 4.76. The van der Waals surface area contributed by atoms with Crippen molar-refractivity contribution in [2.24, 2.45) is 5.92 Å². The number of hydrogen-bond donors (Lipinski definition) is 2. The van der Waals surface area contributed by atoms with E-state index in [-0.39, 0.29) is 17.9 Å². The number of nitrogens with one attached hydrogen (secondary N) is 1. The third kappa shape index (κ3) is 5.26. The maximum absolute atomic E-state index is 13.5. The van der Waals surface area contributed by atoms with Gasteiger partial charge in [0.2, 0.25) is 5.91 Å². The highest BCUT2D eigenvalue weighted by Crippen LogP contribution is 2.35. The molecule has 2 unspecified atom stereocenters. The summed E-state index contributed by atoms with van der Waals surface area (Å²) in [6, 6.07) is 9.85. The van der Waals surface area contributed by atoms with Crippen LogP contribution in [0.25, 0.3) is 16.0 Å². The Morgan fingerprint density at radius 3 is 2.53 bits per heavy atom. The molecule has 0 aliphatic rings. The number of thiophene rings is 1. The van der Waals surface area contributed by atoms with E-state index in [9.17, 15) is 19.5 Å². The highest BCUT2D eigenvalue weighted by Gasteiger charge is 2.28. The van der Waals surface area contributed by atoms with Crippen LogP contribution in [-0.2, 0) is 9.59 Å². The molecule has 9 heteroatoms. The zero-order valence-electron chi connectivity index (χ0n) is 20.8. The molecule has 0 aliphatic heterocycles. The van der Waals surface area contributed by atoms with Crippen LogP contribution in [0.1, 0.15) is 55.5 Å². The number of fused-ring (bicyclic) bond motifs is 1. The largest absolute Gasteiger partial charge is 0.481 e. The number of rotatable bonds is 9. The van der Waals surface area contributed by atoms with Crippen molar-refractivity contribution in [3.8, 4) is 10.4 Å². The molecule has 0 radical (unpaired) electrons. The highest BCUT2D eigenvalue weighted by molar-refractivity contribution is 7.13. The minimum Gasteiger partial charge on any atom is -0.481 e. The average Bonchev–Trinajstić information content (AvgIpc) is 3.47. The molecule has 0 saturated heterocycles. The van der Waals surface area contributed by atoms with Crippen molar-refractivity contribution in [1.82, 2.24) is 19.5 Å². The fourth-order valence-electron chi connectivity index (χ4n) is 4.51. The summed E-state index contributed by atoms with van der Waals surface area (Å²) in [5.41, 5.74) is 4.15. The summed E-state index contributed by atoms with van der Waals surface area (Å²) in [6.07, 6.45) is 3.33. The monoisotopic (exact) mass is 506 g/mol. The van der Waals surface area contributed by atoms with Crippen LogP contribution in [0.4, 0.5) is 0 Å². The molecule has 0 saturated carbocycles. The number of hydrogen-bond acceptors (Lipinski definition) is 5. The number of carbonyl (C=O) groups excluding carboxylic acids is 1. The first-order valence-corrected chi connectivity index (χ1v) is 12.7. The number of nitrogens with zero attached hydrogens (tertiary/aromatic N) is 3. The second-order valence-electron chi connectivity index (χ2n) is 9.50. The Balaban J connectivity index is 1.67. The fourth-order valence-corrected chi connectivity index (χ4v) is 5.65.